The highest BCUT2D eigenvalue weighted by Gasteiger charge is 2.27. The summed E-state index contributed by atoms with van der Waals surface area (Å²) in [7, 11) is 1.66. The van der Waals surface area contributed by atoms with E-state index in [1.165, 1.54) is 23.3 Å². The van der Waals surface area contributed by atoms with Crippen LogP contribution in [0.15, 0.2) is 48.5 Å². The lowest BCUT2D eigenvalue weighted by atomic mass is 10.0. The summed E-state index contributed by atoms with van der Waals surface area (Å²) < 4.78 is 5.25. The number of carbonyl (C=O) groups is 1. The van der Waals surface area contributed by atoms with Crippen molar-refractivity contribution in [1.82, 2.24) is 5.32 Å². The molecular weight excluding hydrogens is 326 g/mol. The smallest absolute Gasteiger partial charge is 0.251 e. The maximum absolute atomic E-state index is 12.5. The van der Waals surface area contributed by atoms with Crippen molar-refractivity contribution in [1.29, 1.82) is 5.26 Å². The molecule has 1 amide bonds. The van der Waals surface area contributed by atoms with Gasteiger partial charge in [0, 0.05) is 24.0 Å². The Morgan fingerprint density at radius 1 is 1.15 bits per heavy atom. The zero-order valence-electron chi connectivity index (χ0n) is 15.0. The quantitative estimate of drug-likeness (QED) is 0.834. The second-order valence-electron chi connectivity index (χ2n) is 6.59. The number of hydrogen-bond donors (Lipinski definition) is 2. The second-order valence-corrected chi connectivity index (χ2v) is 6.59. The molecule has 0 aromatic heterocycles. The highest BCUT2D eigenvalue weighted by molar-refractivity contribution is 5.94. The molecule has 0 bridgehead atoms. The molecule has 2 N–H and O–H groups in total. The summed E-state index contributed by atoms with van der Waals surface area (Å²) in [6.07, 6.45) is 2.46. The Balaban J connectivity index is 1.70. The fourth-order valence-electron chi connectivity index (χ4n) is 3.50. The highest BCUT2D eigenvalue weighted by atomic mass is 16.5. The van der Waals surface area contributed by atoms with Crippen molar-refractivity contribution in [2.75, 3.05) is 26.7 Å². The molecule has 0 spiro atoms. The average molecular weight is 350 g/mol. The third kappa shape index (κ3) is 4.22. The number of rotatable bonds is 6. The van der Waals surface area contributed by atoms with Crippen LogP contribution >= 0.6 is 0 Å². The molecule has 0 unspecified atom stereocenters. The van der Waals surface area contributed by atoms with Gasteiger partial charge in [0.1, 0.15) is 11.8 Å². The van der Waals surface area contributed by atoms with Gasteiger partial charge in [-0.1, -0.05) is 0 Å². The predicted octanol–water partition coefficient (Wildman–Crippen LogP) is 1.72. The molecule has 134 valence electrons. The molecule has 3 rings (SSSR count). The summed E-state index contributed by atoms with van der Waals surface area (Å²) in [5.74, 6) is 0.733. The number of hydrogen-bond acceptors (Lipinski definition) is 3. The largest absolute Gasteiger partial charge is 0.497 e. The Morgan fingerprint density at radius 2 is 1.81 bits per heavy atom. The lowest BCUT2D eigenvalue weighted by Crippen LogP contribution is -3.11. The first-order chi connectivity index (χ1) is 12.7. The first-order valence-corrected chi connectivity index (χ1v) is 8.98. The molecule has 1 aliphatic heterocycles. The molecule has 0 saturated carbocycles. The first-order valence-electron chi connectivity index (χ1n) is 8.98. The number of amides is 1. The summed E-state index contributed by atoms with van der Waals surface area (Å²) in [6.45, 7) is 2.84. The van der Waals surface area contributed by atoms with Crippen molar-refractivity contribution in [2.45, 2.75) is 18.9 Å². The van der Waals surface area contributed by atoms with Crippen LogP contribution in [0.2, 0.25) is 0 Å². The molecule has 2 aromatic rings. The van der Waals surface area contributed by atoms with Crippen LogP contribution in [0.1, 0.15) is 40.4 Å². The van der Waals surface area contributed by atoms with E-state index in [2.05, 4.69) is 23.5 Å². The molecule has 26 heavy (non-hydrogen) atoms. The van der Waals surface area contributed by atoms with Gasteiger partial charge in [0.15, 0.2) is 0 Å². The number of nitrogens with zero attached hydrogens (tertiary/aromatic N) is 1. The number of quaternary nitrogens is 1. The van der Waals surface area contributed by atoms with E-state index in [0.717, 1.165) is 18.8 Å². The Kier molecular flexibility index (Phi) is 5.88. The predicted molar refractivity (Wildman–Crippen MR) is 99.2 cm³/mol. The SMILES string of the molecule is COc1ccc([C@H](CNC(=O)c2ccc(C#N)cc2)[NH+]2CCCC2)cc1. The maximum Gasteiger partial charge on any atom is 0.251 e. The van der Waals surface area contributed by atoms with E-state index in [0.29, 0.717) is 17.7 Å². The third-order valence-corrected chi connectivity index (χ3v) is 5.00. The van der Waals surface area contributed by atoms with E-state index in [4.69, 9.17) is 10.00 Å². The summed E-state index contributed by atoms with van der Waals surface area (Å²) in [5.41, 5.74) is 2.34. The van der Waals surface area contributed by atoms with Crippen LogP contribution in [0.5, 0.6) is 5.75 Å². The molecule has 5 nitrogen and oxygen atoms in total. The standard InChI is InChI=1S/C21H23N3O2/c1-26-19-10-8-17(9-11-19)20(24-12-2-3-13-24)15-23-21(25)18-6-4-16(14-22)5-7-18/h4-11,20H,2-3,12-13,15H2,1H3,(H,23,25)/p+1/t20-/m0/s1. The van der Waals surface area contributed by atoms with Gasteiger partial charge in [-0.05, 0) is 48.5 Å². The Morgan fingerprint density at radius 3 is 2.38 bits per heavy atom. The lowest BCUT2D eigenvalue weighted by Gasteiger charge is -2.25. The van der Waals surface area contributed by atoms with E-state index in [1.54, 1.807) is 31.4 Å². The van der Waals surface area contributed by atoms with Crippen molar-refractivity contribution in [2.24, 2.45) is 0 Å². The van der Waals surface area contributed by atoms with Crippen molar-refractivity contribution in [3.63, 3.8) is 0 Å². The van der Waals surface area contributed by atoms with E-state index in [9.17, 15) is 4.79 Å². The Bertz CT molecular complexity index is 772. The van der Waals surface area contributed by atoms with Crippen LogP contribution in [0.4, 0.5) is 0 Å². The Labute approximate surface area is 154 Å². The van der Waals surface area contributed by atoms with E-state index in [1.807, 2.05) is 12.1 Å². The molecule has 2 aromatic carbocycles. The van der Waals surface area contributed by atoms with Crippen LogP contribution in [0.25, 0.3) is 0 Å². The number of likely N-dealkylation sites (tertiary alicyclic amines) is 1. The van der Waals surface area contributed by atoms with Crippen molar-refractivity contribution >= 4 is 5.91 Å². The maximum atomic E-state index is 12.5. The molecule has 1 aliphatic rings. The fourth-order valence-corrected chi connectivity index (χ4v) is 3.50. The summed E-state index contributed by atoms with van der Waals surface area (Å²) in [6, 6.07) is 17.1. The molecule has 1 heterocycles. The van der Waals surface area contributed by atoms with Crippen LogP contribution in [-0.2, 0) is 0 Å². The molecule has 0 radical (unpaired) electrons. The van der Waals surface area contributed by atoms with Crippen LogP contribution in [0, 0.1) is 11.3 Å². The van der Waals surface area contributed by atoms with Crippen molar-refractivity contribution < 1.29 is 14.4 Å². The monoisotopic (exact) mass is 350 g/mol. The van der Waals surface area contributed by atoms with E-state index >= 15 is 0 Å². The number of methoxy groups -OCH3 is 1. The molecule has 1 saturated heterocycles. The fraction of sp³-hybridized carbons (Fsp3) is 0.333. The number of benzene rings is 2. The molecule has 1 atom stereocenters. The number of carbonyl (C=O) groups excluding carboxylic acids is 1. The van der Waals surface area contributed by atoms with Gasteiger partial charge in [-0.25, -0.2) is 0 Å². The molecule has 0 aliphatic carbocycles. The van der Waals surface area contributed by atoms with Crippen molar-refractivity contribution in [3.05, 3.63) is 65.2 Å². The lowest BCUT2D eigenvalue weighted by molar-refractivity contribution is -0.918. The first kappa shape index (κ1) is 18.0. The highest BCUT2D eigenvalue weighted by Crippen LogP contribution is 2.16. The van der Waals surface area contributed by atoms with Gasteiger partial charge >= 0.3 is 0 Å². The zero-order chi connectivity index (χ0) is 18.4. The van der Waals surface area contributed by atoms with Crippen LogP contribution < -0.4 is 15.0 Å². The number of ether oxygens (including phenoxy) is 1. The third-order valence-electron chi connectivity index (χ3n) is 5.00. The van der Waals surface area contributed by atoms with Gasteiger partial charge in [-0.2, -0.15) is 5.26 Å². The van der Waals surface area contributed by atoms with Gasteiger partial charge in [0.2, 0.25) is 0 Å². The zero-order valence-corrected chi connectivity index (χ0v) is 15.0. The van der Waals surface area contributed by atoms with E-state index < -0.39 is 0 Å². The van der Waals surface area contributed by atoms with Crippen LogP contribution in [0.3, 0.4) is 0 Å². The topological polar surface area (TPSA) is 66.6 Å². The second kappa shape index (κ2) is 8.50. The molecule has 5 heteroatoms. The average Bonchev–Trinajstić information content (AvgIpc) is 3.23. The van der Waals surface area contributed by atoms with Crippen LogP contribution in [-0.4, -0.2) is 32.7 Å². The van der Waals surface area contributed by atoms with Gasteiger partial charge in [0.25, 0.3) is 5.91 Å². The number of nitrogens with one attached hydrogen (secondary N) is 2. The number of nitriles is 1. The van der Waals surface area contributed by atoms with E-state index in [-0.39, 0.29) is 11.9 Å². The van der Waals surface area contributed by atoms with Gasteiger partial charge in [-0.3, -0.25) is 4.79 Å². The van der Waals surface area contributed by atoms with Gasteiger partial charge in [-0.15, -0.1) is 0 Å². The van der Waals surface area contributed by atoms with Crippen molar-refractivity contribution in [3.8, 4) is 11.8 Å². The summed E-state index contributed by atoms with van der Waals surface area (Å²) in [5, 5.41) is 11.9. The van der Waals surface area contributed by atoms with Gasteiger partial charge in [0.05, 0.1) is 38.4 Å². The summed E-state index contributed by atoms with van der Waals surface area (Å²) >= 11 is 0. The minimum Gasteiger partial charge on any atom is -0.497 e. The normalized spacial score (nSPS) is 15.2. The Hall–Kier alpha value is -2.84. The minimum atomic E-state index is -0.105. The van der Waals surface area contributed by atoms with Gasteiger partial charge < -0.3 is 15.0 Å². The minimum absolute atomic E-state index is 0.105. The molecular formula is C21H24N3O2+. The molecule has 1 fully saturated rings. The summed E-state index contributed by atoms with van der Waals surface area (Å²) in [4.78, 5) is 14.0.